The van der Waals surface area contributed by atoms with Gasteiger partial charge in [0.05, 0.1) is 13.4 Å². The molecule has 0 spiro atoms. The van der Waals surface area contributed by atoms with E-state index in [2.05, 4.69) is 6.58 Å². The number of hydrogen-bond acceptors (Lipinski definition) is 4. The van der Waals surface area contributed by atoms with Crippen LogP contribution in [-0.2, 0) is 9.53 Å². The summed E-state index contributed by atoms with van der Waals surface area (Å²) >= 11 is 0. The lowest BCUT2D eigenvalue weighted by atomic mass is 9.81. The zero-order valence-electron chi connectivity index (χ0n) is 14.8. The lowest BCUT2D eigenvalue weighted by Gasteiger charge is -2.21. The van der Waals surface area contributed by atoms with Crippen molar-refractivity contribution in [2.24, 2.45) is 5.41 Å². The molecule has 0 radical (unpaired) electrons. The fourth-order valence-electron chi connectivity index (χ4n) is 1.97. The summed E-state index contributed by atoms with van der Waals surface area (Å²) in [5.74, 6) is 0.0110. The molecule has 0 aromatic heterocycles. The summed E-state index contributed by atoms with van der Waals surface area (Å²) in [6.07, 6.45) is 10.9. The fourth-order valence-corrected chi connectivity index (χ4v) is 1.97. The molecule has 0 aliphatic heterocycles. The molecule has 1 aromatic rings. The van der Waals surface area contributed by atoms with Crippen LogP contribution in [0.25, 0.3) is 5.76 Å². The van der Waals surface area contributed by atoms with Gasteiger partial charge in [-0.3, -0.25) is 4.79 Å². The summed E-state index contributed by atoms with van der Waals surface area (Å²) in [7, 11) is 1.47. The molecule has 0 aliphatic rings. The number of carbonyl (C=O) groups is 1. The second kappa shape index (κ2) is 9.33. The Labute approximate surface area is 148 Å². The van der Waals surface area contributed by atoms with Crippen LogP contribution in [0.3, 0.4) is 0 Å². The highest BCUT2D eigenvalue weighted by Crippen LogP contribution is 2.28. The summed E-state index contributed by atoms with van der Waals surface area (Å²) in [5.41, 5.74) is 0.615. The van der Waals surface area contributed by atoms with Crippen LogP contribution in [0.4, 0.5) is 0 Å². The van der Waals surface area contributed by atoms with Crippen LogP contribution in [0.2, 0.25) is 0 Å². The molecule has 0 atom stereocenters. The molecule has 0 bridgehead atoms. The van der Waals surface area contributed by atoms with E-state index in [4.69, 9.17) is 4.74 Å². The second-order valence-corrected chi connectivity index (χ2v) is 5.89. The SMILES string of the molecule is C=CC(C)(C)/C(=C/C=C\C=C(\O)c1ccc(O)cc1)C(=O)/C=C/OC. The lowest BCUT2D eigenvalue weighted by molar-refractivity contribution is -0.112. The van der Waals surface area contributed by atoms with E-state index in [1.807, 2.05) is 13.8 Å². The minimum Gasteiger partial charge on any atom is -0.508 e. The molecule has 0 saturated heterocycles. The molecule has 4 heteroatoms. The molecule has 0 saturated carbocycles. The van der Waals surface area contributed by atoms with Gasteiger partial charge in [0.25, 0.3) is 0 Å². The standard InChI is InChI=1S/C21H24O4/c1-5-21(2,3)18(20(24)14-15-25-4)8-6-7-9-19(23)16-10-12-17(22)13-11-16/h5-15,22-23H,1H2,2-4H3/b7-6-,15-14+,18-8+,19-9+. The smallest absolute Gasteiger partial charge is 0.185 e. The van der Waals surface area contributed by atoms with E-state index in [0.717, 1.165) is 0 Å². The molecule has 132 valence electrons. The highest BCUT2D eigenvalue weighted by Gasteiger charge is 2.23. The average molecular weight is 340 g/mol. The Hall–Kier alpha value is -3.01. The van der Waals surface area contributed by atoms with E-state index in [9.17, 15) is 15.0 Å². The van der Waals surface area contributed by atoms with Crippen molar-refractivity contribution in [2.45, 2.75) is 13.8 Å². The number of carbonyl (C=O) groups excluding carboxylic acids is 1. The molecular formula is C21H24O4. The molecule has 25 heavy (non-hydrogen) atoms. The summed E-state index contributed by atoms with van der Waals surface area (Å²) in [5, 5.41) is 19.3. The predicted molar refractivity (Wildman–Crippen MR) is 101 cm³/mol. The van der Waals surface area contributed by atoms with Crippen molar-refractivity contribution < 1.29 is 19.7 Å². The topological polar surface area (TPSA) is 66.8 Å². The van der Waals surface area contributed by atoms with Crippen molar-refractivity contribution in [3.05, 3.63) is 84.7 Å². The highest BCUT2D eigenvalue weighted by atomic mass is 16.5. The number of methoxy groups -OCH3 is 1. The number of aromatic hydroxyl groups is 1. The second-order valence-electron chi connectivity index (χ2n) is 5.89. The Morgan fingerprint density at radius 3 is 2.32 bits per heavy atom. The van der Waals surface area contributed by atoms with Gasteiger partial charge in [-0.25, -0.2) is 0 Å². The van der Waals surface area contributed by atoms with Gasteiger partial charge in [0.15, 0.2) is 5.78 Å². The Balaban J connectivity index is 3.02. The molecule has 4 nitrogen and oxygen atoms in total. The third kappa shape index (κ3) is 6.18. The number of aliphatic hydroxyl groups excluding tert-OH is 1. The highest BCUT2D eigenvalue weighted by molar-refractivity contribution is 6.05. The summed E-state index contributed by atoms with van der Waals surface area (Å²) in [6.45, 7) is 7.56. The average Bonchev–Trinajstić information content (AvgIpc) is 2.59. The van der Waals surface area contributed by atoms with Gasteiger partial charge in [0.1, 0.15) is 11.5 Å². The molecule has 0 heterocycles. The summed E-state index contributed by atoms with van der Waals surface area (Å²) in [4.78, 5) is 12.3. The van der Waals surface area contributed by atoms with Gasteiger partial charge in [-0.15, -0.1) is 6.58 Å². The largest absolute Gasteiger partial charge is 0.508 e. The van der Waals surface area contributed by atoms with E-state index in [1.54, 1.807) is 36.4 Å². The van der Waals surface area contributed by atoms with Crippen LogP contribution in [-0.4, -0.2) is 23.1 Å². The number of benzene rings is 1. The minimum atomic E-state index is -0.512. The molecule has 0 fully saturated rings. The van der Waals surface area contributed by atoms with Crippen LogP contribution in [0, 0.1) is 5.41 Å². The Bertz CT molecular complexity index is 717. The van der Waals surface area contributed by atoms with Crippen molar-refractivity contribution in [1.29, 1.82) is 0 Å². The van der Waals surface area contributed by atoms with E-state index in [1.165, 1.54) is 37.7 Å². The van der Waals surface area contributed by atoms with Crippen molar-refractivity contribution >= 4 is 11.5 Å². The number of phenols is 1. The Morgan fingerprint density at radius 2 is 1.76 bits per heavy atom. The molecule has 0 unspecified atom stereocenters. The van der Waals surface area contributed by atoms with Gasteiger partial charge in [-0.2, -0.15) is 0 Å². The lowest BCUT2D eigenvalue weighted by Crippen LogP contribution is -2.17. The van der Waals surface area contributed by atoms with Crippen molar-refractivity contribution in [1.82, 2.24) is 0 Å². The first-order valence-electron chi connectivity index (χ1n) is 7.76. The van der Waals surface area contributed by atoms with Gasteiger partial charge in [-0.1, -0.05) is 38.2 Å². The summed E-state index contributed by atoms with van der Waals surface area (Å²) in [6, 6.07) is 6.20. The van der Waals surface area contributed by atoms with Crippen LogP contribution >= 0.6 is 0 Å². The predicted octanol–water partition coefficient (Wildman–Crippen LogP) is 4.72. The number of rotatable bonds is 8. The van der Waals surface area contributed by atoms with E-state index < -0.39 is 5.41 Å². The number of allylic oxidation sites excluding steroid dienone is 7. The fraction of sp³-hybridized carbons (Fsp3) is 0.190. The van der Waals surface area contributed by atoms with Crippen molar-refractivity contribution in [3.8, 4) is 5.75 Å². The van der Waals surface area contributed by atoms with Crippen molar-refractivity contribution in [2.75, 3.05) is 7.11 Å². The zero-order valence-corrected chi connectivity index (χ0v) is 14.8. The maximum atomic E-state index is 12.3. The monoisotopic (exact) mass is 340 g/mol. The van der Waals surface area contributed by atoms with Gasteiger partial charge < -0.3 is 14.9 Å². The zero-order chi connectivity index (χ0) is 18.9. The van der Waals surface area contributed by atoms with E-state index in [-0.39, 0.29) is 17.3 Å². The molecule has 1 aromatic carbocycles. The van der Waals surface area contributed by atoms with Gasteiger partial charge in [0.2, 0.25) is 0 Å². The first kappa shape index (κ1) is 20.0. The normalized spacial score (nSPS) is 13.4. The molecule has 2 N–H and O–H groups in total. The van der Waals surface area contributed by atoms with E-state index in [0.29, 0.717) is 11.1 Å². The number of aliphatic hydroxyl groups is 1. The van der Waals surface area contributed by atoms with Crippen LogP contribution in [0.1, 0.15) is 19.4 Å². The molecule has 1 rings (SSSR count). The summed E-state index contributed by atoms with van der Waals surface area (Å²) < 4.78 is 4.79. The third-order valence-corrected chi connectivity index (χ3v) is 3.62. The van der Waals surface area contributed by atoms with Crippen LogP contribution < -0.4 is 0 Å². The first-order valence-corrected chi connectivity index (χ1v) is 7.76. The Kier molecular flexibility index (Phi) is 7.47. The minimum absolute atomic E-state index is 0.0554. The number of hydrogen-bond donors (Lipinski definition) is 2. The quantitative estimate of drug-likeness (QED) is 0.311. The molecule has 0 amide bonds. The maximum Gasteiger partial charge on any atom is 0.185 e. The maximum absolute atomic E-state index is 12.3. The molecular weight excluding hydrogens is 316 g/mol. The van der Waals surface area contributed by atoms with Crippen LogP contribution in [0.15, 0.2) is 79.1 Å². The number of phenolic OH excluding ortho intramolecular Hbond substituents is 1. The number of ketones is 1. The first-order chi connectivity index (χ1) is 11.8. The van der Waals surface area contributed by atoms with Gasteiger partial charge >= 0.3 is 0 Å². The molecule has 0 aliphatic carbocycles. The third-order valence-electron chi connectivity index (χ3n) is 3.62. The van der Waals surface area contributed by atoms with Crippen molar-refractivity contribution in [3.63, 3.8) is 0 Å². The van der Waals surface area contributed by atoms with Gasteiger partial charge in [-0.05, 0) is 30.3 Å². The van der Waals surface area contributed by atoms with Gasteiger partial charge in [0, 0.05) is 22.6 Å². The Morgan fingerprint density at radius 1 is 1.16 bits per heavy atom. The van der Waals surface area contributed by atoms with Crippen LogP contribution in [0.5, 0.6) is 5.75 Å². The number of ether oxygens (including phenoxy) is 1. The van der Waals surface area contributed by atoms with E-state index >= 15 is 0 Å².